The number of aliphatic imine (C=N–C) groups is 1. The van der Waals surface area contributed by atoms with Gasteiger partial charge < -0.3 is 19.3 Å². The fourth-order valence-corrected chi connectivity index (χ4v) is 2.09. The lowest BCUT2D eigenvalue weighted by atomic mass is 10.4. The van der Waals surface area contributed by atoms with Gasteiger partial charge >= 0.3 is 0 Å². The molecule has 0 saturated carbocycles. The fraction of sp³-hybridized carbons (Fsp3) is 0.500. The molecule has 0 amide bonds. The van der Waals surface area contributed by atoms with Gasteiger partial charge in [-0.2, -0.15) is 4.98 Å². The van der Waals surface area contributed by atoms with Gasteiger partial charge in [0.15, 0.2) is 11.8 Å². The first kappa shape index (κ1) is 18.5. The molecule has 0 bridgehead atoms. The van der Waals surface area contributed by atoms with E-state index in [-0.39, 0.29) is 24.0 Å². The first-order valence-corrected chi connectivity index (χ1v) is 6.91. The lowest BCUT2D eigenvalue weighted by Gasteiger charge is -2.22. The van der Waals surface area contributed by atoms with Crippen LogP contribution in [0.5, 0.6) is 0 Å². The summed E-state index contributed by atoms with van der Waals surface area (Å²) in [6, 6.07) is 4.14. The van der Waals surface area contributed by atoms with Crippen molar-refractivity contribution in [3.63, 3.8) is 0 Å². The molecule has 2 aromatic rings. The number of nitrogens with one attached hydrogen (secondary N) is 1. The third-order valence-corrected chi connectivity index (χ3v) is 3.22. The predicted molar refractivity (Wildman–Crippen MR) is 96.4 cm³/mol. The number of aromatic nitrogens is 3. The van der Waals surface area contributed by atoms with Crippen LogP contribution >= 0.6 is 24.0 Å². The Morgan fingerprint density at radius 3 is 2.82 bits per heavy atom. The van der Waals surface area contributed by atoms with E-state index in [1.165, 1.54) is 5.69 Å². The Hall–Kier alpha value is -1.58. The fourth-order valence-electron chi connectivity index (χ4n) is 2.09. The van der Waals surface area contributed by atoms with Gasteiger partial charge in [-0.25, -0.2) is 0 Å². The van der Waals surface area contributed by atoms with E-state index in [1.54, 1.807) is 7.05 Å². The first-order chi connectivity index (χ1) is 10.1. The SMILES string of the molecule is CN=C(NCCc1nc(C)no1)N(C)Cc1cccn1C.I. The zero-order valence-electron chi connectivity index (χ0n) is 13.4. The summed E-state index contributed by atoms with van der Waals surface area (Å²) in [6.45, 7) is 3.31. The molecule has 0 atom stereocenters. The number of nitrogens with zero attached hydrogens (tertiary/aromatic N) is 5. The molecule has 0 spiro atoms. The molecule has 0 aromatic carbocycles. The lowest BCUT2D eigenvalue weighted by molar-refractivity contribution is 0.373. The molecule has 0 saturated heterocycles. The largest absolute Gasteiger partial charge is 0.356 e. The summed E-state index contributed by atoms with van der Waals surface area (Å²) < 4.78 is 7.19. The molecule has 0 aliphatic heterocycles. The highest BCUT2D eigenvalue weighted by Gasteiger charge is 2.09. The van der Waals surface area contributed by atoms with Crippen molar-refractivity contribution in [1.29, 1.82) is 0 Å². The average Bonchev–Trinajstić information content (AvgIpc) is 3.04. The van der Waals surface area contributed by atoms with Crippen LogP contribution in [-0.2, 0) is 20.0 Å². The van der Waals surface area contributed by atoms with Gasteiger partial charge in [-0.05, 0) is 19.1 Å². The van der Waals surface area contributed by atoms with Gasteiger partial charge in [0.25, 0.3) is 0 Å². The number of hydrogen-bond donors (Lipinski definition) is 1. The summed E-state index contributed by atoms with van der Waals surface area (Å²) in [7, 11) is 5.83. The second kappa shape index (κ2) is 8.76. The zero-order valence-corrected chi connectivity index (χ0v) is 15.7. The van der Waals surface area contributed by atoms with E-state index in [9.17, 15) is 0 Å². The van der Waals surface area contributed by atoms with Crippen LogP contribution in [0.4, 0.5) is 0 Å². The molecule has 0 aliphatic rings. The second-order valence-corrected chi connectivity index (χ2v) is 4.93. The van der Waals surface area contributed by atoms with Crippen LogP contribution in [0, 0.1) is 6.92 Å². The van der Waals surface area contributed by atoms with E-state index in [0.29, 0.717) is 24.7 Å². The van der Waals surface area contributed by atoms with E-state index in [0.717, 1.165) is 12.5 Å². The third kappa shape index (κ3) is 5.00. The van der Waals surface area contributed by atoms with Crippen molar-refractivity contribution in [1.82, 2.24) is 24.9 Å². The van der Waals surface area contributed by atoms with Gasteiger partial charge in [-0.3, -0.25) is 4.99 Å². The lowest BCUT2D eigenvalue weighted by Crippen LogP contribution is -2.39. The number of hydrogen-bond acceptors (Lipinski definition) is 4. The molecule has 7 nitrogen and oxygen atoms in total. The Morgan fingerprint density at radius 2 is 2.27 bits per heavy atom. The minimum Gasteiger partial charge on any atom is -0.356 e. The van der Waals surface area contributed by atoms with Crippen LogP contribution in [0.3, 0.4) is 0 Å². The van der Waals surface area contributed by atoms with Crippen molar-refractivity contribution in [2.75, 3.05) is 20.6 Å². The summed E-state index contributed by atoms with van der Waals surface area (Å²) in [4.78, 5) is 10.5. The van der Waals surface area contributed by atoms with Crippen LogP contribution < -0.4 is 5.32 Å². The van der Waals surface area contributed by atoms with E-state index in [2.05, 4.69) is 36.0 Å². The van der Waals surface area contributed by atoms with E-state index >= 15 is 0 Å². The molecular formula is C14H23IN6O. The Bertz CT molecular complexity index is 606. The molecule has 122 valence electrons. The highest BCUT2D eigenvalue weighted by atomic mass is 127. The Kier molecular flexibility index (Phi) is 7.36. The van der Waals surface area contributed by atoms with Crippen LogP contribution in [0.1, 0.15) is 17.4 Å². The normalized spacial score (nSPS) is 11.2. The van der Waals surface area contributed by atoms with Crippen molar-refractivity contribution in [2.45, 2.75) is 19.9 Å². The van der Waals surface area contributed by atoms with Crippen molar-refractivity contribution >= 4 is 29.9 Å². The van der Waals surface area contributed by atoms with E-state index in [4.69, 9.17) is 4.52 Å². The van der Waals surface area contributed by atoms with Gasteiger partial charge in [0.1, 0.15) is 0 Å². The standard InChI is InChI=1S/C14H22N6O.HI/c1-11-17-13(21-18-11)7-8-16-14(15-2)20(4)10-12-6-5-9-19(12)3;/h5-6,9H,7-8,10H2,1-4H3,(H,15,16);1H. The number of halogens is 1. The number of rotatable bonds is 5. The van der Waals surface area contributed by atoms with Crippen LogP contribution in [0.15, 0.2) is 27.8 Å². The monoisotopic (exact) mass is 418 g/mol. The molecule has 8 heteroatoms. The summed E-state index contributed by atoms with van der Waals surface area (Å²) in [5.74, 6) is 2.14. The summed E-state index contributed by atoms with van der Waals surface area (Å²) in [5, 5.41) is 7.07. The molecule has 22 heavy (non-hydrogen) atoms. The van der Waals surface area contributed by atoms with Crippen molar-refractivity contribution < 1.29 is 4.52 Å². The smallest absolute Gasteiger partial charge is 0.228 e. The van der Waals surface area contributed by atoms with Crippen LogP contribution in [0.25, 0.3) is 0 Å². The summed E-state index contributed by atoms with van der Waals surface area (Å²) in [5.41, 5.74) is 1.23. The summed E-state index contributed by atoms with van der Waals surface area (Å²) in [6.07, 6.45) is 2.72. The Labute approximate surface area is 147 Å². The maximum absolute atomic E-state index is 5.08. The van der Waals surface area contributed by atoms with Crippen molar-refractivity contribution in [3.05, 3.63) is 35.7 Å². The van der Waals surface area contributed by atoms with Crippen molar-refractivity contribution in [3.8, 4) is 0 Å². The highest BCUT2D eigenvalue weighted by molar-refractivity contribution is 14.0. The molecule has 1 N–H and O–H groups in total. The second-order valence-electron chi connectivity index (χ2n) is 4.93. The minimum atomic E-state index is 0. The summed E-state index contributed by atoms with van der Waals surface area (Å²) >= 11 is 0. The van der Waals surface area contributed by atoms with E-state index < -0.39 is 0 Å². The van der Waals surface area contributed by atoms with Gasteiger partial charge in [0, 0.05) is 46.0 Å². The minimum absolute atomic E-state index is 0. The maximum atomic E-state index is 5.08. The molecule has 2 aromatic heterocycles. The van der Waals surface area contributed by atoms with Crippen molar-refractivity contribution in [2.24, 2.45) is 12.0 Å². The van der Waals surface area contributed by atoms with Crippen LogP contribution in [-0.4, -0.2) is 46.2 Å². The Morgan fingerprint density at radius 1 is 1.50 bits per heavy atom. The average molecular weight is 418 g/mol. The molecule has 0 unspecified atom stereocenters. The number of aryl methyl sites for hydroxylation is 2. The first-order valence-electron chi connectivity index (χ1n) is 6.91. The zero-order chi connectivity index (χ0) is 15.2. The van der Waals surface area contributed by atoms with Crippen LogP contribution in [0.2, 0.25) is 0 Å². The maximum Gasteiger partial charge on any atom is 0.228 e. The van der Waals surface area contributed by atoms with Gasteiger partial charge in [0.05, 0.1) is 6.54 Å². The quantitative estimate of drug-likeness (QED) is 0.454. The predicted octanol–water partition coefficient (Wildman–Crippen LogP) is 1.58. The van der Waals surface area contributed by atoms with Gasteiger partial charge in [0.2, 0.25) is 5.89 Å². The highest BCUT2D eigenvalue weighted by Crippen LogP contribution is 2.03. The topological polar surface area (TPSA) is 71.5 Å². The van der Waals surface area contributed by atoms with Gasteiger partial charge in [-0.15, -0.1) is 24.0 Å². The molecular weight excluding hydrogens is 395 g/mol. The Balaban J connectivity index is 0.00000242. The molecule has 0 fully saturated rings. The molecule has 2 rings (SSSR count). The molecule has 0 aliphatic carbocycles. The van der Waals surface area contributed by atoms with E-state index in [1.807, 2.05) is 33.3 Å². The molecule has 2 heterocycles. The third-order valence-electron chi connectivity index (χ3n) is 3.22. The molecule has 0 radical (unpaired) electrons. The number of guanidine groups is 1. The van der Waals surface area contributed by atoms with Gasteiger partial charge in [-0.1, -0.05) is 5.16 Å².